The van der Waals surface area contributed by atoms with Crippen molar-refractivity contribution in [3.63, 3.8) is 0 Å². The number of hydrogen-bond acceptors (Lipinski definition) is 18. The molecular weight excluding hydrogens is 662 g/mol. The Kier molecular flexibility index (Phi) is 13.4. The number of ether oxygens (including phenoxy) is 7. The first-order chi connectivity index (χ1) is 22.8. The molecule has 19 heteroatoms. The zero-order valence-electron chi connectivity index (χ0n) is 28.2. The molecule has 4 heterocycles. The van der Waals surface area contributed by atoms with Gasteiger partial charge in [0, 0.05) is 6.92 Å². The summed E-state index contributed by atoms with van der Waals surface area (Å²) in [5.74, 6) is -0.529. The average Bonchev–Trinajstić information content (AvgIpc) is 3.03. The lowest BCUT2D eigenvalue weighted by Crippen LogP contribution is -2.71. The highest BCUT2D eigenvalue weighted by atomic mass is 16.8. The summed E-state index contributed by atoms with van der Waals surface area (Å²) in [6.07, 6.45) is -29.0. The number of rotatable bonds is 9. The number of hydrogen-bond donors (Lipinski definition) is 11. The number of nitrogens with one attached hydrogen (secondary N) is 1. The van der Waals surface area contributed by atoms with Crippen LogP contribution in [-0.4, -0.2) is 193 Å². The quantitative estimate of drug-likeness (QED) is 0.106. The zero-order valence-corrected chi connectivity index (χ0v) is 28.2. The molecule has 4 rings (SSSR count). The standard InChI is InChI=1S/C30H53NO18/c1-9-15(35)18(38)21(41)27(43-9)48-24-14(31-11(3)34)26(30(4,5)6)45-13(8-33)23(24)47-29-25(20(40)17(37)12(7-32)46-29)49-28-22(42)19(39)16(36)10(2)44-28/h9-10,12-29,32-33,35-42H,7-8H2,1-6H3,(H,31,34)/t9?,10-,12-,13?,14?,15+,16+,17-,18-,19?,20?,21?,22?,23+,24+,25?,26+,27-,28-,29-/m0/s1. The topological polar surface area (TPSA) is 296 Å². The Hall–Kier alpha value is -1.21. The average molecular weight is 716 g/mol. The van der Waals surface area contributed by atoms with Crippen molar-refractivity contribution in [2.75, 3.05) is 13.2 Å². The van der Waals surface area contributed by atoms with Gasteiger partial charge in [-0.25, -0.2) is 0 Å². The van der Waals surface area contributed by atoms with Gasteiger partial charge in [0.25, 0.3) is 0 Å². The molecule has 4 aliphatic rings. The van der Waals surface area contributed by atoms with Crippen molar-refractivity contribution >= 4 is 5.91 Å². The molecule has 0 saturated carbocycles. The van der Waals surface area contributed by atoms with Crippen molar-refractivity contribution in [1.82, 2.24) is 5.32 Å². The van der Waals surface area contributed by atoms with Crippen LogP contribution in [0.25, 0.3) is 0 Å². The Morgan fingerprint density at radius 3 is 1.51 bits per heavy atom. The molecule has 19 nitrogen and oxygen atoms in total. The third-order valence-corrected chi connectivity index (χ3v) is 9.41. The number of carbonyl (C=O) groups is 1. The molecule has 0 bridgehead atoms. The van der Waals surface area contributed by atoms with E-state index in [0.717, 1.165) is 0 Å². The lowest BCUT2D eigenvalue weighted by molar-refractivity contribution is -0.388. The highest BCUT2D eigenvalue weighted by Crippen LogP contribution is 2.39. The Balaban J connectivity index is 1.74. The number of aliphatic hydroxyl groups excluding tert-OH is 10. The van der Waals surface area contributed by atoms with Gasteiger partial charge < -0.3 is 89.5 Å². The highest BCUT2D eigenvalue weighted by Gasteiger charge is 2.57. The fourth-order valence-corrected chi connectivity index (χ4v) is 6.57. The Morgan fingerprint density at radius 2 is 1.06 bits per heavy atom. The molecule has 0 radical (unpaired) electrons. The van der Waals surface area contributed by atoms with E-state index in [1.807, 2.05) is 0 Å². The van der Waals surface area contributed by atoms with Crippen LogP contribution in [0, 0.1) is 5.41 Å². The summed E-state index contributed by atoms with van der Waals surface area (Å²) in [5.41, 5.74) is -0.728. The minimum Gasteiger partial charge on any atom is -0.394 e. The maximum atomic E-state index is 12.5. The smallest absolute Gasteiger partial charge is 0.217 e. The van der Waals surface area contributed by atoms with Gasteiger partial charge in [0.15, 0.2) is 18.9 Å². The normalized spacial score (nSPS) is 49.8. The number of carbonyl (C=O) groups excluding carboxylic acids is 1. The van der Waals surface area contributed by atoms with E-state index in [1.165, 1.54) is 20.8 Å². The highest BCUT2D eigenvalue weighted by molar-refractivity contribution is 5.73. The summed E-state index contributed by atoms with van der Waals surface area (Å²) < 4.78 is 41.6. The summed E-state index contributed by atoms with van der Waals surface area (Å²) in [5, 5.41) is 108. The molecule has 0 aliphatic carbocycles. The van der Waals surface area contributed by atoms with E-state index in [-0.39, 0.29) is 0 Å². The van der Waals surface area contributed by atoms with Gasteiger partial charge in [-0.3, -0.25) is 4.79 Å². The second kappa shape index (κ2) is 16.2. The molecule has 286 valence electrons. The third kappa shape index (κ3) is 8.55. The van der Waals surface area contributed by atoms with E-state index in [2.05, 4.69) is 5.32 Å². The first kappa shape index (κ1) is 40.6. The van der Waals surface area contributed by atoms with Gasteiger partial charge >= 0.3 is 0 Å². The Morgan fingerprint density at radius 1 is 0.592 bits per heavy atom. The van der Waals surface area contributed by atoms with Gasteiger partial charge in [0.1, 0.15) is 79.4 Å². The van der Waals surface area contributed by atoms with Crippen LogP contribution in [0.4, 0.5) is 0 Å². The Labute approximate surface area is 283 Å². The second-order valence-electron chi connectivity index (χ2n) is 14.2. The first-order valence-electron chi connectivity index (χ1n) is 16.3. The van der Waals surface area contributed by atoms with Crippen molar-refractivity contribution in [3.05, 3.63) is 0 Å². The van der Waals surface area contributed by atoms with Gasteiger partial charge in [0.05, 0.1) is 37.6 Å². The molecule has 0 spiro atoms. The minimum atomic E-state index is -1.88. The molecule has 4 fully saturated rings. The van der Waals surface area contributed by atoms with Crippen molar-refractivity contribution in [2.45, 2.75) is 164 Å². The van der Waals surface area contributed by atoms with Crippen LogP contribution in [0.1, 0.15) is 41.5 Å². The molecule has 0 aromatic rings. The number of aliphatic hydroxyl groups is 10. The predicted molar refractivity (Wildman–Crippen MR) is 160 cm³/mol. The van der Waals surface area contributed by atoms with E-state index in [0.29, 0.717) is 0 Å². The van der Waals surface area contributed by atoms with Gasteiger partial charge in [-0.15, -0.1) is 0 Å². The fraction of sp³-hybridized carbons (Fsp3) is 0.967. The van der Waals surface area contributed by atoms with E-state index < -0.39 is 147 Å². The maximum absolute atomic E-state index is 12.5. The van der Waals surface area contributed by atoms with Gasteiger partial charge in [-0.2, -0.15) is 0 Å². The molecule has 8 unspecified atom stereocenters. The summed E-state index contributed by atoms with van der Waals surface area (Å²) in [7, 11) is 0. The summed E-state index contributed by atoms with van der Waals surface area (Å²) >= 11 is 0. The fourth-order valence-electron chi connectivity index (χ4n) is 6.57. The first-order valence-corrected chi connectivity index (χ1v) is 16.3. The van der Waals surface area contributed by atoms with Crippen LogP contribution >= 0.6 is 0 Å². The van der Waals surface area contributed by atoms with Crippen molar-refractivity contribution in [1.29, 1.82) is 0 Å². The molecule has 20 atom stereocenters. The van der Waals surface area contributed by atoms with Crippen LogP contribution in [0.5, 0.6) is 0 Å². The predicted octanol–water partition coefficient (Wildman–Crippen LogP) is -5.45. The van der Waals surface area contributed by atoms with Crippen LogP contribution in [-0.2, 0) is 38.0 Å². The largest absolute Gasteiger partial charge is 0.394 e. The lowest BCUT2D eigenvalue weighted by atomic mass is 9.78. The van der Waals surface area contributed by atoms with E-state index in [4.69, 9.17) is 33.2 Å². The zero-order chi connectivity index (χ0) is 36.7. The van der Waals surface area contributed by atoms with E-state index in [1.54, 1.807) is 20.8 Å². The molecule has 0 aromatic heterocycles. The molecule has 1 amide bonds. The SMILES string of the molecule is CC(=O)NC1[C@@H](O[C@@H]2OC(C)[C@@H](O)[C@H](O)C2O)[C@H](O[C@@H]2O[C@@H](CO)[C@H](O)C(O)C2O[C@@H]2O[C@@H](C)[C@@H](O)C(O)C2O)C(CO)O[C@H]1C(C)(C)C. The monoisotopic (exact) mass is 715 g/mol. The third-order valence-electron chi connectivity index (χ3n) is 9.41. The van der Waals surface area contributed by atoms with Gasteiger partial charge in [-0.05, 0) is 19.3 Å². The Bertz CT molecular complexity index is 1080. The number of amides is 1. The molecule has 0 aromatic carbocycles. The van der Waals surface area contributed by atoms with Gasteiger partial charge in [0.2, 0.25) is 5.91 Å². The molecule has 11 N–H and O–H groups in total. The molecule has 4 aliphatic heterocycles. The molecular formula is C30H53NO18. The van der Waals surface area contributed by atoms with Crippen molar-refractivity contribution in [3.8, 4) is 0 Å². The summed E-state index contributed by atoms with van der Waals surface area (Å²) in [4.78, 5) is 12.5. The van der Waals surface area contributed by atoms with Crippen molar-refractivity contribution in [2.24, 2.45) is 5.41 Å². The van der Waals surface area contributed by atoms with Crippen LogP contribution < -0.4 is 5.32 Å². The van der Waals surface area contributed by atoms with Crippen LogP contribution in [0.15, 0.2) is 0 Å². The van der Waals surface area contributed by atoms with Crippen LogP contribution in [0.2, 0.25) is 0 Å². The van der Waals surface area contributed by atoms with Crippen LogP contribution in [0.3, 0.4) is 0 Å². The van der Waals surface area contributed by atoms with Crippen molar-refractivity contribution < 1.29 is 89.0 Å². The summed E-state index contributed by atoms with van der Waals surface area (Å²) in [6.45, 7) is 7.94. The van der Waals surface area contributed by atoms with E-state index >= 15 is 0 Å². The van der Waals surface area contributed by atoms with E-state index in [9.17, 15) is 55.9 Å². The minimum absolute atomic E-state index is 0.529. The van der Waals surface area contributed by atoms with Gasteiger partial charge in [-0.1, -0.05) is 20.8 Å². The summed E-state index contributed by atoms with van der Waals surface area (Å²) in [6, 6.07) is -1.10. The lowest BCUT2D eigenvalue weighted by Gasteiger charge is -2.53. The molecule has 49 heavy (non-hydrogen) atoms. The maximum Gasteiger partial charge on any atom is 0.217 e. The molecule has 4 saturated heterocycles. The second-order valence-corrected chi connectivity index (χ2v) is 14.2.